The number of nitriles is 2. The molecule has 30 heavy (non-hydrogen) atoms. The number of aryl methyl sites for hydroxylation is 1. The van der Waals surface area contributed by atoms with Crippen molar-refractivity contribution in [1.82, 2.24) is 4.98 Å². The van der Waals surface area contributed by atoms with Crippen LogP contribution in [0.15, 0.2) is 47.3 Å². The number of aromatic nitrogens is 1. The molecule has 2 aromatic carbocycles. The Morgan fingerprint density at radius 2 is 1.77 bits per heavy atom. The Morgan fingerprint density at radius 1 is 1.07 bits per heavy atom. The number of hydrogen-bond donors (Lipinski definition) is 2. The van der Waals surface area contributed by atoms with Crippen LogP contribution in [-0.4, -0.2) is 12.1 Å². The van der Waals surface area contributed by atoms with Gasteiger partial charge in [0.15, 0.2) is 0 Å². The first-order valence-electron chi connectivity index (χ1n) is 9.27. The fourth-order valence-electron chi connectivity index (χ4n) is 3.16. The molecule has 1 aromatic heterocycles. The van der Waals surface area contributed by atoms with Gasteiger partial charge in [-0.2, -0.15) is 10.5 Å². The molecule has 1 heterocycles. The standard InChI is InChI=1S/C23H20N4O3/c1-3-14-4-7-17(8-5-14)30-13-16-10-15(6-9-20(16)29-2)21-18(11-24)22(26)27-23(28)19(21)12-25/h4-10H,3,13H2,1-2H3,(H3,26,27,28). The third-order valence-corrected chi connectivity index (χ3v) is 4.76. The normalized spacial score (nSPS) is 10.1. The number of pyridine rings is 1. The van der Waals surface area contributed by atoms with Gasteiger partial charge in [-0.1, -0.05) is 25.1 Å². The number of methoxy groups -OCH3 is 1. The second-order valence-corrected chi connectivity index (χ2v) is 6.53. The van der Waals surface area contributed by atoms with Crippen molar-refractivity contribution < 1.29 is 9.47 Å². The van der Waals surface area contributed by atoms with Gasteiger partial charge >= 0.3 is 0 Å². The van der Waals surface area contributed by atoms with E-state index in [1.807, 2.05) is 36.4 Å². The number of rotatable bonds is 6. The summed E-state index contributed by atoms with van der Waals surface area (Å²) < 4.78 is 11.3. The molecule has 0 saturated carbocycles. The molecule has 0 aliphatic heterocycles. The van der Waals surface area contributed by atoms with Gasteiger partial charge in [0.05, 0.1) is 7.11 Å². The number of anilines is 1. The van der Waals surface area contributed by atoms with Crippen LogP contribution in [0.4, 0.5) is 5.82 Å². The fourth-order valence-corrected chi connectivity index (χ4v) is 3.16. The Hall–Kier alpha value is -4.23. The summed E-state index contributed by atoms with van der Waals surface area (Å²) in [6.45, 7) is 2.28. The van der Waals surface area contributed by atoms with Crippen LogP contribution in [0.2, 0.25) is 0 Å². The quantitative estimate of drug-likeness (QED) is 0.652. The molecule has 7 heteroatoms. The van der Waals surface area contributed by atoms with Crippen LogP contribution in [0.3, 0.4) is 0 Å². The molecule has 3 rings (SSSR count). The number of nitrogen functional groups attached to an aromatic ring is 1. The van der Waals surface area contributed by atoms with Gasteiger partial charge < -0.3 is 20.2 Å². The molecule has 0 atom stereocenters. The highest BCUT2D eigenvalue weighted by Crippen LogP contribution is 2.32. The Kier molecular flexibility index (Phi) is 6.05. The zero-order valence-corrected chi connectivity index (χ0v) is 16.7. The van der Waals surface area contributed by atoms with E-state index in [4.69, 9.17) is 15.2 Å². The summed E-state index contributed by atoms with van der Waals surface area (Å²) in [4.78, 5) is 14.5. The van der Waals surface area contributed by atoms with Crippen LogP contribution in [0.1, 0.15) is 29.2 Å². The maximum atomic E-state index is 12.2. The van der Waals surface area contributed by atoms with Gasteiger partial charge in [0, 0.05) is 11.1 Å². The average molecular weight is 400 g/mol. The predicted molar refractivity (Wildman–Crippen MR) is 113 cm³/mol. The first kappa shape index (κ1) is 20.5. The number of H-pyrrole nitrogens is 1. The van der Waals surface area contributed by atoms with E-state index in [1.165, 1.54) is 5.56 Å². The monoisotopic (exact) mass is 400 g/mol. The maximum absolute atomic E-state index is 12.2. The lowest BCUT2D eigenvalue weighted by Gasteiger charge is -2.14. The Morgan fingerprint density at radius 3 is 2.37 bits per heavy atom. The molecule has 7 nitrogen and oxygen atoms in total. The summed E-state index contributed by atoms with van der Waals surface area (Å²) >= 11 is 0. The molecule has 3 N–H and O–H groups in total. The largest absolute Gasteiger partial charge is 0.496 e. The zero-order valence-electron chi connectivity index (χ0n) is 16.7. The van der Waals surface area contributed by atoms with Crippen LogP contribution < -0.4 is 20.8 Å². The second-order valence-electron chi connectivity index (χ2n) is 6.53. The smallest absolute Gasteiger partial charge is 0.268 e. The van der Waals surface area contributed by atoms with E-state index >= 15 is 0 Å². The van der Waals surface area contributed by atoms with Gasteiger partial charge in [0.1, 0.15) is 47.2 Å². The van der Waals surface area contributed by atoms with Crippen molar-refractivity contribution in [3.8, 4) is 34.8 Å². The number of nitrogens with two attached hydrogens (primary N) is 1. The summed E-state index contributed by atoms with van der Waals surface area (Å²) in [7, 11) is 1.54. The minimum atomic E-state index is -0.645. The molecule has 0 unspecified atom stereocenters. The molecular formula is C23H20N4O3. The lowest BCUT2D eigenvalue weighted by Crippen LogP contribution is -2.16. The molecule has 0 fully saturated rings. The van der Waals surface area contributed by atoms with E-state index < -0.39 is 5.56 Å². The number of nitrogens with one attached hydrogen (secondary N) is 1. The van der Waals surface area contributed by atoms with Crippen LogP contribution in [0.25, 0.3) is 11.1 Å². The van der Waals surface area contributed by atoms with Gasteiger partial charge in [0.2, 0.25) is 0 Å². The summed E-state index contributed by atoms with van der Waals surface area (Å²) in [6, 6.07) is 16.7. The van der Waals surface area contributed by atoms with Crippen molar-refractivity contribution in [2.45, 2.75) is 20.0 Å². The van der Waals surface area contributed by atoms with Gasteiger partial charge in [-0.05, 0) is 41.8 Å². The third kappa shape index (κ3) is 3.96. The minimum absolute atomic E-state index is 0.0401. The molecule has 0 amide bonds. The molecule has 0 spiro atoms. The molecule has 0 saturated heterocycles. The lowest BCUT2D eigenvalue weighted by atomic mass is 9.95. The van der Waals surface area contributed by atoms with Gasteiger partial charge in [-0.25, -0.2) is 0 Å². The molecule has 0 aliphatic carbocycles. The highest BCUT2D eigenvalue weighted by atomic mass is 16.5. The van der Waals surface area contributed by atoms with Crippen molar-refractivity contribution in [3.05, 3.63) is 75.1 Å². The molecular weight excluding hydrogens is 380 g/mol. The summed E-state index contributed by atoms with van der Waals surface area (Å²) in [5.74, 6) is 1.20. The Bertz CT molecular complexity index is 1220. The van der Waals surface area contributed by atoms with Crippen molar-refractivity contribution in [1.29, 1.82) is 10.5 Å². The number of hydrogen-bond acceptors (Lipinski definition) is 6. The van der Waals surface area contributed by atoms with Crippen LogP contribution in [-0.2, 0) is 13.0 Å². The Labute approximate surface area is 173 Å². The average Bonchev–Trinajstić information content (AvgIpc) is 2.77. The van der Waals surface area contributed by atoms with Crippen molar-refractivity contribution >= 4 is 5.82 Å². The topological polar surface area (TPSA) is 125 Å². The summed E-state index contributed by atoms with van der Waals surface area (Å²) in [5.41, 5.74) is 7.63. The van der Waals surface area contributed by atoms with Gasteiger partial charge in [-0.15, -0.1) is 0 Å². The van der Waals surface area contributed by atoms with Crippen molar-refractivity contribution in [2.24, 2.45) is 0 Å². The summed E-state index contributed by atoms with van der Waals surface area (Å²) in [5, 5.41) is 19.0. The highest BCUT2D eigenvalue weighted by Gasteiger charge is 2.19. The van der Waals surface area contributed by atoms with E-state index in [9.17, 15) is 15.3 Å². The Balaban J connectivity index is 2.04. The lowest BCUT2D eigenvalue weighted by molar-refractivity contribution is 0.296. The zero-order chi connectivity index (χ0) is 21.7. The van der Waals surface area contributed by atoms with E-state index in [0.29, 0.717) is 22.6 Å². The number of benzene rings is 2. The van der Waals surface area contributed by atoms with Crippen molar-refractivity contribution in [2.75, 3.05) is 12.8 Å². The minimum Gasteiger partial charge on any atom is -0.496 e. The van der Waals surface area contributed by atoms with Crippen molar-refractivity contribution in [3.63, 3.8) is 0 Å². The van der Waals surface area contributed by atoms with Crippen LogP contribution in [0, 0.1) is 22.7 Å². The predicted octanol–water partition coefficient (Wildman–Crippen LogP) is 3.52. The molecule has 0 radical (unpaired) electrons. The second kappa shape index (κ2) is 8.85. The fraction of sp³-hybridized carbons (Fsp3) is 0.174. The van der Waals surface area contributed by atoms with Gasteiger partial charge in [0.25, 0.3) is 5.56 Å². The van der Waals surface area contributed by atoms with E-state index in [2.05, 4.69) is 11.9 Å². The molecule has 0 aliphatic rings. The summed E-state index contributed by atoms with van der Waals surface area (Å²) in [6.07, 6.45) is 0.942. The van der Waals surface area contributed by atoms with Crippen LogP contribution >= 0.6 is 0 Å². The molecule has 0 bridgehead atoms. The highest BCUT2D eigenvalue weighted by molar-refractivity contribution is 5.80. The first-order chi connectivity index (χ1) is 14.5. The SMILES string of the molecule is CCc1ccc(OCc2cc(-c3c(C#N)c(N)[nH]c(=O)c3C#N)ccc2OC)cc1. The number of nitrogens with zero attached hydrogens (tertiary/aromatic N) is 2. The van der Waals surface area contributed by atoms with Gasteiger partial charge in [-0.3, -0.25) is 4.79 Å². The number of aromatic amines is 1. The van der Waals surface area contributed by atoms with E-state index in [0.717, 1.165) is 6.42 Å². The third-order valence-electron chi connectivity index (χ3n) is 4.76. The molecule has 150 valence electrons. The van der Waals surface area contributed by atoms with E-state index in [-0.39, 0.29) is 29.1 Å². The first-order valence-corrected chi connectivity index (χ1v) is 9.27. The van der Waals surface area contributed by atoms with E-state index in [1.54, 1.807) is 25.3 Å². The number of ether oxygens (including phenoxy) is 2. The molecule has 3 aromatic rings. The van der Waals surface area contributed by atoms with Crippen LogP contribution in [0.5, 0.6) is 11.5 Å². The maximum Gasteiger partial charge on any atom is 0.268 e.